The van der Waals surface area contributed by atoms with Crippen molar-refractivity contribution < 1.29 is 27.4 Å². The number of aliphatic carboxylic acids is 1. The van der Waals surface area contributed by atoms with Crippen molar-refractivity contribution in [3.05, 3.63) is 24.0 Å². The summed E-state index contributed by atoms with van der Waals surface area (Å²) in [6.45, 7) is 2.66. The molecule has 0 saturated carbocycles. The Hall–Kier alpha value is -1.67. The zero-order valence-electron chi connectivity index (χ0n) is 12.0. The first kappa shape index (κ1) is 17.4. The predicted octanol–water partition coefficient (Wildman–Crippen LogP) is 1.71. The number of hydrogen-bond donors (Lipinski definition) is 1. The standard InChI is InChI=1S/C13H18FNO5S/c1-4-9(2)15(8-13(16)17)21(18,19)10-5-6-12(20-3)11(14)7-10/h5-7,9H,4,8H2,1-3H3,(H,16,17). The fourth-order valence-corrected chi connectivity index (χ4v) is 3.42. The van der Waals surface area contributed by atoms with Gasteiger partial charge in [0.2, 0.25) is 10.0 Å². The van der Waals surface area contributed by atoms with Gasteiger partial charge in [-0.1, -0.05) is 6.92 Å². The number of nitrogens with zero attached hydrogens (tertiary/aromatic N) is 1. The molecule has 0 heterocycles. The molecule has 118 valence electrons. The highest BCUT2D eigenvalue weighted by molar-refractivity contribution is 7.89. The number of ether oxygens (including phenoxy) is 1. The van der Waals surface area contributed by atoms with E-state index in [0.717, 1.165) is 10.4 Å². The summed E-state index contributed by atoms with van der Waals surface area (Å²) in [4.78, 5) is 10.6. The SMILES string of the molecule is CCC(C)N(CC(=O)O)S(=O)(=O)c1ccc(OC)c(F)c1. The molecule has 0 aromatic heterocycles. The Bertz CT molecular complexity index is 617. The maximum Gasteiger partial charge on any atom is 0.318 e. The van der Waals surface area contributed by atoms with Gasteiger partial charge < -0.3 is 9.84 Å². The van der Waals surface area contributed by atoms with Crippen LogP contribution in [0.3, 0.4) is 0 Å². The van der Waals surface area contributed by atoms with Crippen LogP contribution in [0.2, 0.25) is 0 Å². The number of rotatable bonds is 7. The molecule has 21 heavy (non-hydrogen) atoms. The summed E-state index contributed by atoms with van der Waals surface area (Å²) in [7, 11) is -2.83. The molecule has 0 saturated heterocycles. The van der Waals surface area contributed by atoms with E-state index in [0.29, 0.717) is 6.42 Å². The van der Waals surface area contributed by atoms with Crippen molar-refractivity contribution in [2.45, 2.75) is 31.2 Å². The molecule has 1 rings (SSSR count). The van der Waals surface area contributed by atoms with Gasteiger partial charge in [0.05, 0.1) is 12.0 Å². The molecule has 1 N–H and O–H groups in total. The molecule has 0 spiro atoms. The first-order chi connectivity index (χ1) is 9.73. The minimum Gasteiger partial charge on any atom is -0.494 e. The fraction of sp³-hybridized carbons (Fsp3) is 0.462. The van der Waals surface area contributed by atoms with E-state index >= 15 is 0 Å². The van der Waals surface area contributed by atoms with Gasteiger partial charge in [0.15, 0.2) is 11.6 Å². The van der Waals surface area contributed by atoms with Crippen molar-refractivity contribution in [3.63, 3.8) is 0 Å². The minimum atomic E-state index is -4.10. The van der Waals surface area contributed by atoms with E-state index in [1.54, 1.807) is 13.8 Å². The Kier molecular flexibility index (Phi) is 5.68. The molecule has 0 radical (unpaired) electrons. The topological polar surface area (TPSA) is 83.9 Å². The maximum absolute atomic E-state index is 13.7. The van der Waals surface area contributed by atoms with Gasteiger partial charge in [-0.25, -0.2) is 12.8 Å². The van der Waals surface area contributed by atoms with E-state index in [2.05, 4.69) is 0 Å². The molecule has 1 unspecified atom stereocenters. The van der Waals surface area contributed by atoms with E-state index in [4.69, 9.17) is 9.84 Å². The summed E-state index contributed by atoms with van der Waals surface area (Å²) in [6, 6.07) is 2.69. The molecule has 6 nitrogen and oxygen atoms in total. The van der Waals surface area contributed by atoms with E-state index in [1.165, 1.54) is 19.2 Å². The fourth-order valence-electron chi connectivity index (χ4n) is 1.76. The van der Waals surface area contributed by atoms with Crippen LogP contribution in [0.25, 0.3) is 0 Å². The van der Waals surface area contributed by atoms with Gasteiger partial charge >= 0.3 is 5.97 Å². The van der Waals surface area contributed by atoms with Crippen LogP contribution in [0.4, 0.5) is 4.39 Å². The monoisotopic (exact) mass is 319 g/mol. The average Bonchev–Trinajstić information content (AvgIpc) is 2.43. The number of carboxylic acid groups (broad SMARTS) is 1. The van der Waals surface area contributed by atoms with Crippen LogP contribution in [-0.4, -0.2) is 43.5 Å². The lowest BCUT2D eigenvalue weighted by Gasteiger charge is -2.26. The molecule has 0 fully saturated rings. The summed E-state index contributed by atoms with van der Waals surface area (Å²) >= 11 is 0. The van der Waals surface area contributed by atoms with E-state index in [1.807, 2.05) is 0 Å². The maximum atomic E-state index is 13.7. The third-order valence-corrected chi connectivity index (χ3v) is 5.06. The minimum absolute atomic E-state index is 0.0812. The van der Waals surface area contributed by atoms with Crippen molar-refractivity contribution in [1.82, 2.24) is 4.31 Å². The molecular weight excluding hydrogens is 301 g/mol. The lowest BCUT2D eigenvalue weighted by Crippen LogP contribution is -2.41. The highest BCUT2D eigenvalue weighted by Crippen LogP contribution is 2.24. The van der Waals surface area contributed by atoms with Crippen LogP contribution >= 0.6 is 0 Å². The summed E-state index contributed by atoms with van der Waals surface area (Å²) < 4.78 is 44.2. The Morgan fingerprint density at radius 1 is 1.48 bits per heavy atom. The Balaban J connectivity index is 3.28. The summed E-state index contributed by atoms with van der Waals surface area (Å²) in [5.41, 5.74) is 0. The Morgan fingerprint density at radius 3 is 2.52 bits per heavy atom. The second kappa shape index (κ2) is 6.86. The first-order valence-corrected chi connectivity index (χ1v) is 7.75. The number of sulfonamides is 1. The molecular formula is C13H18FNO5S. The van der Waals surface area contributed by atoms with Gasteiger partial charge in [-0.05, 0) is 31.5 Å². The van der Waals surface area contributed by atoms with Crippen molar-refractivity contribution in [3.8, 4) is 5.75 Å². The van der Waals surface area contributed by atoms with Crippen LogP contribution in [0.1, 0.15) is 20.3 Å². The van der Waals surface area contributed by atoms with E-state index in [-0.39, 0.29) is 10.6 Å². The Labute approximate surface area is 123 Å². The van der Waals surface area contributed by atoms with Gasteiger partial charge in [-0.15, -0.1) is 0 Å². The lowest BCUT2D eigenvalue weighted by atomic mass is 10.2. The van der Waals surface area contributed by atoms with Gasteiger partial charge in [-0.2, -0.15) is 4.31 Å². The van der Waals surface area contributed by atoms with Crippen molar-refractivity contribution in [1.29, 1.82) is 0 Å². The van der Waals surface area contributed by atoms with Crippen molar-refractivity contribution >= 4 is 16.0 Å². The Morgan fingerprint density at radius 2 is 2.10 bits per heavy atom. The van der Waals surface area contributed by atoms with Crippen LogP contribution in [0, 0.1) is 5.82 Å². The molecule has 1 aromatic rings. The van der Waals surface area contributed by atoms with Gasteiger partial charge in [-0.3, -0.25) is 4.79 Å². The third-order valence-electron chi connectivity index (χ3n) is 3.10. The van der Waals surface area contributed by atoms with Crippen LogP contribution < -0.4 is 4.74 Å². The molecule has 1 atom stereocenters. The van der Waals surface area contributed by atoms with Gasteiger partial charge in [0.25, 0.3) is 0 Å². The largest absolute Gasteiger partial charge is 0.494 e. The number of methoxy groups -OCH3 is 1. The molecule has 0 bridgehead atoms. The smallest absolute Gasteiger partial charge is 0.318 e. The number of hydrogen-bond acceptors (Lipinski definition) is 4. The zero-order chi connectivity index (χ0) is 16.2. The number of benzene rings is 1. The van der Waals surface area contributed by atoms with Crippen LogP contribution in [0.5, 0.6) is 5.75 Å². The third kappa shape index (κ3) is 3.92. The predicted molar refractivity (Wildman–Crippen MR) is 74.2 cm³/mol. The van der Waals surface area contributed by atoms with E-state index in [9.17, 15) is 17.6 Å². The van der Waals surface area contributed by atoms with Crippen LogP contribution in [-0.2, 0) is 14.8 Å². The molecule has 0 aliphatic rings. The molecule has 0 aliphatic carbocycles. The normalized spacial score (nSPS) is 13.2. The quantitative estimate of drug-likeness (QED) is 0.827. The molecule has 0 aliphatic heterocycles. The first-order valence-electron chi connectivity index (χ1n) is 6.31. The second-order valence-corrected chi connectivity index (χ2v) is 6.39. The highest BCUT2D eigenvalue weighted by atomic mass is 32.2. The summed E-state index contributed by atoms with van der Waals surface area (Å²) in [5.74, 6) is -2.17. The average molecular weight is 319 g/mol. The van der Waals surface area contributed by atoms with E-state index < -0.39 is 34.4 Å². The molecule has 0 amide bonds. The van der Waals surface area contributed by atoms with Crippen molar-refractivity contribution in [2.75, 3.05) is 13.7 Å². The number of halogens is 1. The van der Waals surface area contributed by atoms with Gasteiger partial charge in [0, 0.05) is 6.04 Å². The molecule has 8 heteroatoms. The number of carboxylic acids is 1. The second-order valence-electron chi connectivity index (χ2n) is 4.50. The summed E-state index contributed by atoms with van der Waals surface area (Å²) in [5, 5.41) is 8.88. The summed E-state index contributed by atoms with van der Waals surface area (Å²) in [6.07, 6.45) is 0.436. The van der Waals surface area contributed by atoms with Gasteiger partial charge in [0.1, 0.15) is 6.54 Å². The lowest BCUT2D eigenvalue weighted by molar-refractivity contribution is -0.137. The zero-order valence-corrected chi connectivity index (χ0v) is 12.9. The van der Waals surface area contributed by atoms with Crippen molar-refractivity contribution in [2.24, 2.45) is 0 Å². The number of carbonyl (C=O) groups is 1. The van der Waals surface area contributed by atoms with Crippen LogP contribution in [0.15, 0.2) is 23.1 Å². The molecule has 1 aromatic carbocycles. The highest BCUT2D eigenvalue weighted by Gasteiger charge is 2.30.